The van der Waals surface area contributed by atoms with E-state index in [-0.39, 0.29) is 28.1 Å². The molecule has 2 aromatic heterocycles. The van der Waals surface area contributed by atoms with E-state index in [4.69, 9.17) is 23.2 Å². The molecule has 0 spiro atoms. The van der Waals surface area contributed by atoms with Gasteiger partial charge in [0.25, 0.3) is 11.8 Å². The largest absolute Gasteiger partial charge is 0.347 e. The standard InChI is InChI=1S/C19H17Cl2N3O2S/c1-19(2,3)24-18(26)15-13(20)10-6-4-8-12(14(10)27-15)23-17(25)11-7-5-9-22-16(11)21/h4-9H,1-3H3,(H,23,25)(H,24,26). The van der Waals surface area contributed by atoms with Crippen molar-refractivity contribution in [2.45, 2.75) is 26.3 Å². The van der Waals surface area contributed by atoms with Crippen LogP contribution in [0.1, 0.15) is 40.8 Å². The highest BCUT2D eigenvalue weighted by Gasteiger charge is 2.23. The molecule has 0 aliphatic carbocycles. The van der Waals surface area contributed by atoms with Gasteiger partial charge in [0.05, 0.1) is 21.0 Å². The van der Waals surface area contributed by atoms with Crippen LogP contribution in [-0.2, 0) is 0 Å². The lowest BCUT2D eigenvalue weighted by atomic mass is 10.1. The summed E-state index contributed by atoms with van der Waals surface area (Å²) in [5.74, 6) is -0.632. The summed E-state index contributed by atoms with van der Waals surface area (Å²) < 4.78 is 0.718. The summed E-state index contributed by atoms with van der Waals surface area (Å²) >= 11 is 13.7. The fourth-order valence-corrected chi connectivity index (χ4v) is 4.15. The van der Waals surface area contributed by atoms with Gasteiger partial charge in [0.2, 0.25) is 0 Å². The number of hydrogen-bond acceptors (Lipinski definition) is 4. The Morgan fingerprint density at radius 3 is 2.48 bits per heavy atom. The van der Waals surface area contributed by atoms with Crippen LogP contribution >= 0.6 is 34.5 Å². The van der Waals surface area contributed by atoms with Gasteiger partial charge in [0.15, 0.2) is 0 Å². The Labute approximate surface area is 170 Å². The van der Waals surface area contributed by atoms with Gasteiger partial charge in [-0.2, -0.15) is 0 Å². The molecule has 2 amide bonds. The fraction of sp³-hybridized carbons (Fsp3) is 0.211. The van der Waals surface area contributed by atoms with Crippen LogP contribution in [0.15, 0.2) is 36.5 Å². The molecule has 0 fully saturated rings. The number of aromatic nitrogens is 1. The van der Waals surface area contributed by atoms with Crippen molar-refractivity contribution >= 4 is 62.1 Å². The first-order valence-electron chi connectivity index (χ1n) is 8.13. The second kappa shape index (κ2) is 7.46. The number of nitrogens with zero attached hydrogens (tertiary/aromatic N) is 1. The molecule has 140 valence electrons. The number of hydrogen-bond donors (Lipinski definition) is 2. The average molecular weight is 422 g/mol. The first-order chi connectivity index (χ1) is 12.7. The maximum atomic E-state index is 12.6. The summed E-state index contributed by atoms with van der Waals surface area (Å²) in [5.41, 5.74) is 0.439. The molecule has 2 heterocycles. The third kappa shape index (κ3) is 4.24. The van der Waals surface area contributed by atoms with Crippen molar-refractivity contribution in [1.82, 2.24) is 10.3 Å². The maximum absolute atomic E-state index is 12.6. The van der Waals surface area contributed by atoms with E-state index in [9.17, 15) is 9.59 Å². The lowest BCUT2D eigenvalue weighted by Crippen LogP contribution is -2.40. The molecule has 0 saturated heterocycles. The molecule has 3 rings (SSSR count). The molecule has 1 aromatic carbocycles. The molecule has 8 heteroatoms. The summed E-state index contributed by atoms with van der Waals surface area (Å²) in [5, 5.41) is 6.93. The predicted octanol–water partition coefficient (Wildman–Crippen LogP) is 5.38. The molecule has 0 aliphatic heterocycles. The van der Waals surface area contributed by atoms with Crippen LogP contribution in [0.3, 0.4) is 0 Å². The normalized spacial score (nSPS) is 11.4. The molecular weight excluding hydrogens is 405 g/mol. The van der Waals surface area contributed by atoms with Crippen LogP contribution in [0, 0.1) is 0 Å². The summed E-state index contributed by atoms with van der Waals surface area (Å²) in [6.07, 6.45) is 1.51. The Balaban J connectivity index is 1.98. The van der Waals surface area contributed by atoms with E-state index in [1.54, 1.807) is 24.3 Å². The first-order valence-corrected chi connectivity index (χ1v) is 9.70. The Kier molecular flexibility index (Phi) is 5.42. The van der Waals surface area contributed by atoms with Crippen molar-refractivity contribution in [3.05, 3.63) is 57.1 Å². The molecule has 3 aromatic rings. The number of amides is 2. The molecule has 0 bridgehead atoms. The zero-order valence-electron chi connectivity index (χ0n) is 14.9. The third-order valence-corrected chi connectivity index (χ3v) is 5.65. The Bertz CT molecular complexity index is 1040. The quantitative estimate of drug-likeness (QED) is 0.557. The summed E-state index contributed by atoms with van der Waals surface area (Å²) in [6, 6.07) is 8.57. The Hall–Kier alpha value is -2.15. The summed E-state index contributed by atoms with van der Waals surface area (Å²) in [4.78, 5) is 29.4. The SMILES string of the molecule is CC(C)(C)NC(=O)c1sc2c(NC(=O)c3cccnc3Cl)cccc2c1Cl. The fourth-order valence-electron chi connectivity index (χ4n) is 2.48. The van der Waals surface area contributed by atoms with Crippen LogP contribution in [-0.4, -0.2) is 22.3 Å². The van der Waals surface area contributed by atoms with Crippen LogP contribution in [0.5, 0.6) is 0 Å². The maximum Gasteiger partial charge on any atom is 0.263 e. The number of pyridine rings is 1. The molecular formula is C19H17Cl2N3O2S. The minimum Gasteiger partial charge on any atom is -0.347 e. The minimum absolute atomic E-state index is 0.122. The van der Waals surface area contributed by atoms with Crippen LogP contribution < -0.4 is 10.6 Å². The van der Waals surface area contributed by atoms with E-state index in [0.29, 0.717) is 21.0 Å². The van der Waals surface area contributed by atoms with Crippen molar-refractivity contribution in [2.75, 3.05) is 5.32 Å². The Morgan fingerprint density at radius 2 is 1.81 bits per heavy atom. The molecule has 2 N–H and O–H groups in total. The highest BCUT2D eigenvalue weighted by atomic mass is 35.5. The van der Waals surface area contributed by atoms with Crippen molar-refractivity contribution in [2.24, 2.45) is 0 Å². The third-order valence-electron chi connectivity index (χ3n) is 3.60. The highest BCUT2D eigenvalue weighted by Crippen LogP contribution is 2.39. The second-order valence-electron chi connectivity index (χ2n) is 6.93. The number of carbonyl (C=O) groups excluding carboxylic acids is 2. The number of anilines is 1. The van der Waals surface area contributed by atoms with E-state index in [1.165, 1.54) is 17.5 Å². The van der Waals surface area contributed by atoms with Gasteiger partial charge in [0, 0.05) is 17.1 Å². The topological polar surface area (TPSA) is 71.1 Å². The zero-order chi connectivity index (χ0) is 19.8. The summed E-state index contributed by atoms with van der Waals surface area (Å²) in [7, 11) is 0. The molecule has 0 aliphatic rings. The van der Waals surface area contributed by atoms with E-state index in [0.717, 1.165) is 4.70 Å². The van der Waals surface area contributed by atoms with Gasteiger partial charge in [-0.3, -0.25) is 9.59 Å². The van der Waals surface area contributed by atoms with Gasteiger partial charge in [-0.25, -0.2) is 4.98 Å². The predicted molar refractivity (Wildman–Crippen MR) is 111 cm³/mol. The number of fused-ring (bicyclic) bond motifs is 1. The molecule has 5 nitrogen and oxygen atoms in total. The van der Waals surface area contributed by atoms with Gasteiger partial charge >= 0.3 is 0 Å². The van der Waals surface area contributed by atoms with Gasteiger partial charge < -0.3 is 10.6 Å². The number of nitrogens with one attached hydrogen (secondary N) is 2. The minimum atomic E-state index is -0.384. The number of benzene rings is 1. The summed E-state index contributed by atoms with van der Waals surface area (Å²) in [6.45, 7) is 5.69. The van der Waals surface area contributed by atoms with Crippen molar-refractivity contribution in [1.29, 1.82) is 0 Å². The average Bonchev–Trinajstić information content (AvgIpc) is 2.92. The highest BCUT2D eigenvalue weighted by molar-refractivity contribution is 7.22. The van der Waals surface area contributed by atoms with Crippen molar-refractivity contribution in [3.63, 3.8) is 0 Å². The zero-order valence-corrected chi connectivity index (χ0v) is 17.2. The number of carbonyl (C=O) groups is 2. The van der Waals surface area contributed by atoms with Crippen LogP contribution in [0.25, 0.3) is 10.1 Å². The first kappa shape index (κ1) is 19.6. The monoisotopic (exact) mass is 421 g/mol. The number of halogens is 2. The number of rotatable bonds is 3. The van der Waals surface area contributed by atoms with Gasteiger partial charge in [0.1, 0.15) is 10.0 Å². The van der Waals surface area contributed by atoms with Crippen molar-refractivity contribution in [3.8, 4) is 0 Å². The van der Waals surface area contributed by atoms with Gasteiger partial charge in [-0.1, -0.05) is 35.3 Å². The van der Waals surface area contributed by atoms with E-state index in [2.05, 4.69) is 15.6 Å². The van der Waals surface area contributed by atoms with Gasteiger partial charge in [-0.15, -0.1) is 11.3 Å². The second-order valence-corrected chi connectivity index (χ2v) is 8.68. The Morgan fingerprint density at radius 1 is 1.07 bits per heavy atom. The number of thiophene rings is 1. The van der Waals surface area contributed by atoms with Crippen LogP contribution in [0.4, 0.5) is 5.69 Å². The molecule has 27 heavy (non-hydrogen) atoms. The van der Waals surface area contributed by atoms with Gasteiger partial charge in [-0.05, 0) is 39.0 Å². The van der Waals surface area contributed by atoms with E-state index >= 15 is 0 Å². The molecule has 0 radical (unpaired) electrons. The lowest BCUT2D eigenvalue weighted by Gasteiger charge is -2.19. The molecule has 0 saturated carbocycles. The smallest absolute Gasteiger partial charge is 0.263 e. The molecule has 0 unspecified atom stereocenters. The lowest BCUT2D eigenvalue weighted by molar-refractivity contribution is 0.0923. The van der Waals surface area contributed by atoms with Crippen molar-refractivity contribution < 1.29 is 9.59 Å². The van der Waals surface area contributed by atoms with Crippen LogP contribution in [0.2, 0.25) is 10.2 Å². The molecule has 0 atom stereocenters. The van der Waals surface area contributed by atoms with E-state index in [1.807, 2.05) is 26.8 Å². The van der Waals surface area contributed by atoms with E-state index < -0.39 is 0 Å².